The molecule has 0 aliphatic carbocycles. The summed E-state index contributed by atoms with van der Waals surface area (Å²) in [6, 6.07) is 7.36. The van der Waals surface area contributed by atoms with Crippen LogP contribution in [0.25, 0.3) is 33.4 Å². The lowest BCUT2D eigenvalue weighted by Gasteiger charge is -2.27. The molecule has 8 nitrogen and oxygen atoms in total. The van der Waals surface area contributed by atoms with Gasteiger partial charge in [-0.3, -0.25) is 14.3 Å². The molecule has 0 radical (unpaired) electrons. The van der Waals surface area contributed by atoms with Crippen LogP contribution in [0.5, 0.6) is 0 Å². The Hall–Kier alpha value is -3.20. The summed E-state index contributed by atoms with van der Waals surface area (Å²) in [6.07, 6.45) is 5.32. The zero-order chi connectivity index (χ0) is 22.9. The van der Waals surface area contributed by atoms with Crippen LogP contribution in [0.3, 0.4) is 0 Å². The van der Waals surface area contributed by atoms with Crippen molar-refractivity contribution >= 4 is 22.6 Å². The Balaban J connectivity index is 1.56. The molecule has 1 aliphatic rings. The standard InChI is InChI=1S/C24H23ClN6O2/c1-14-9-26-13-22(29-14)16-3-4-19(21(25)8-16)20-7-17-10-28-15(2)30-23(17)31(24(20)32)5-6-33-18-11-27-12-18/h3-4,7-10,13,18,27H,5-6,11-12H2,1-2H3. The van der Waals surface area contributed by atoms with Gasteiger partial charge >= 0.3 is 0 Å². The minimum Gasteiger partial charge on any atom is -0.374 e. The molecule has 0 unspecified atom stereocenters. The van der Waals surface area contributed by atoms with E-state index in [1.807, 2.05) is 32.0 Å². The lowest BCUT2D eigenvalue weighted by atomic mass is 10.0. The van der Waals surface area contributed by atoms with E-state index in [2.05, 4.69) is 25.3 Å². The topological polar surface area (TPSA) is 94.8 Å². The monoisotopic (exact) mass is 462 g/mol. The Kier molecular flexibility index (Phi) is 5.88. The van der Waals surface area contributed by atoms with Crippen LogP contribution in [-0.4, -0.2) is 50.3 Å². The second kappa shape index (κ2) is 8.97. The van der Waals surface area contributed by atoms with E-state index in [4.69, 9.17) is 16.3 Å². The maximum absolute atomic E-state index is 13.6. The fourth-order valence-electron chi connectivity index (χ4n) is 3.83. The summed E-state index contributed by atoms with van der Waals surface area (Å²) in [5, 5.41) is 4.41. The van der Waals surface area contributed by atoms with E-state index in [9.17, 15) is 4.79 Å². The van der Waals surface area contributed by atoms with Crippen molar-refractivity contribution in [1.29, 1.82) is 0 Å². The van der Waals surface area contributed by atoms with Gasteiger partial charge in [0.25, 0.3) is 5.56 Å². The number of ether oxygens (including phenoxy) is 1. The zero-order valence-electron chi connectivity index (χ0n) is 18.4. The summed E-state index contributed by atoms with van der Waals surface area (Å²) in [6.45, 7) is 6.19. The number of nitrogens with one attached hydrogen (secondary N) is 1. The SMILES string of the molecule is Cc1cncc(-c2ccc(-c3cc4cnc(C)nc4n(CCOC4CNC4)c3=O)c(Cl)c2)n1. The quantitative estimate of drug-likeness (QED) is 0.470. The molecule has 168 valence electrons. The Morgan fingerprint density at radius 1 is 1.12 bits per heavy atom. The highest BCUT2D eigenvalue weighted by Crippen LogP contribution is 2.31. The number of nitrogens with zero attached hydrogens (tertiary/aromatic N) is 5. The number of rotatable bonds is 6. The number of hydrogen-bond donors (Lipinski definition) is 1. The van der Waals surface area contributed by atoms with Gasteiger partial charge in [-0.2, -0.15) is 0 Å². The molecule has 0 amide bonds. The summed E-state index contributed by atoms with van der Waals surface area (Å²) in [5.74, 6) is 0.606. The lowest BCUT2D eigenvalue weighted by molar-refractivity contribution is 0.0149. The number of aryl methyl sites for hydroxylation is 2. The highest BCUT2D eigenvalue weighted by molar-refractivity contribution is 6.33. The third-order valence-corrected chi connectivity index (χ3v) is 5.98. The van der Waals surface area contributed by atoms with Gasteiger partial charge in [-0.05, 0) is 26.0 Å². The van der Waals surface area contributed by atoms with Crippen LogP contribution in [0, 0.1) is 13.8 Å². The first-order valence-corrected chi connectivity index (χ1v) is 11.2. The molecule has 1 fully saturated rings. The molecule has 33 heavy (non-hydrogen) atoms. The Labute approximate surface area is 195 Å². The largest absolute Gasteiger partial charge is 0.374 e. The summed E-state index contributed by atoms with van der Waals surface area (Å²) in [4.78, 5) is 31.1. The third kappa shape index (κ3) is 4.37. The minimum atomic E-state index is -0.166. The molecule has 0 saturated carbocycles. The van der Waals surface area contributed by atoms with Gasteiger partial charge in [-0.15, -0.1) is 0 Å². The number of fused-ring (bicyclic) bond motifs is 1. The fraction of sp³-hybridized carbons (Fsp3) is 0.292. The highest BCUT2D eigenvalue weighted by Gasteiger charge is 2.19. The number of aromatic nitrogens is 5. The van der Waals surface area contributed by atoms with E-state index in [1.54, 1.807) is 29.2 Å². The van der Waals surface area contributed by atoms with E-state index in [0.29, 0.717) is 40.8 Å². The number of benzene rings is 1. The Morgan fingerprint density at radius 3 is 2.70 bits per heavy atom. The normalized spacial score (nSPS) is 13.9. The molecule has 0 atom stereocenters. The van der Waals surface area contributed by atoms with Crippen molar-refractivity contribution < 1.29 is 4.74 Å². The summed E-state index contributed by atoms with van der Waals surface area (Å²) in [5.41, 5.74) is 3.95. The van der Waals surface area contributed by atoms with Crippen molar-refractivity contribution in [3.63, 3.8) is 0 Å². The molecular formula is C24H23ClN6O2. The van der Waals surface area contributed by atoms with E-state index < -0.39 is 0 Å². The molecule has 1 N–H and O–H groups in total. The second-order valence-electron chi connectivity index (χ2n) is 8.10. The summed E-state index contributed by atoms with van der Waals surface area (Å²) < 4.78 is 7.51. The van der Waals surface area contributed by atoms with Gasteiger partial charge in [0.05, 0.1) is 36.8 Å². The number of hydrogen-bond acceptors (Lipinski definition) is 7. The molecule has 0 bridgehead atoms. The van der Waals surface area contributed by atoms with Gasteiger partial charge in [-0.25, -0.2) is 15.0 Å². The maximum atomic E-state index is 13.6. The first-order chi connectivity index (χ1) is 16.0. The van der Waals surface area contributed by atoms with Crippen LogP contribution in [0.1, 0.15) is 11.5 Å². The average Bonchev–Trinajstić information content (AvgIpc) is 2.77. The van der Waals surface area contributed by atoms with Crippen molar-refractivity contribution in [2.75, 3.05) is 19.7 Å². The van der Waals surface area contributed by atoms with Crippen LogP contribution in [-0.2, 0) is 11.3 Å². The number of pyridine rings is 1. The van der Waals surface area contributed by atoms with E-state index in [0.717, 1.165) is 35.4 Å². The molecular weight excluding hydrogens is 440 g/mol. The zero-order valence-corrected chi connectivity index (χ0v) is 19.1. The van der Waals surface area contributed by atoms with Crippen LogP contribution in [0.2, 0.25) is 5.02 Å². The predicted molar refractivity (Wildman–Crippen MR) is 127 cm³/mol. The first-order valence-electron chi connectivity index (χ1n) is 10.8. The highest BCUT2D eigenvalue weighted by atomic mass is 35.5. The second-order valence-corrected chi connectivity index (χ2v) is 8.51. The molecule has 1 saturated heterocycles. The molecule has 0 spiro atoms. The van der Waals surface area contributed by atoms with Crippen molar-refractivity contribution in [2.24, 2.45) is 0 Å². The van der Waals surface area contributed by atoms with Gasteiger partial charge in [0, 0.05) is 52.6 Å². The average molecular weight is 463 g/mol. The minimum absolute atomic E-state index is 0.166. The van der Waals surface area contributed by atoms with E-state index in [1.165, 1.54) is 0 Å². The molecule has 5 rings (SSSR count). The van der Waals surface area contributed by atoms with Gasteiger partial charge in [0.2, 0.25) is 0 Å². The maximum Gasteiger partial charge on any atom is 0.260 e. The van der Waals surface area contributed by atoms with Crippen molar-refractivity contribution in [2.45, 2.75) is 26.5 Å². The van der Waals surface area contributed by atoms with E-state index >= 15 is 0 Å². The van der Waals surface area contributed by atoms with Crippen molar-refractivity contribution in [1.82, 2.24) is 29.8 Å². The smallest absolute Gasteiger partial charge is 0.260 e. The van der Waals surface area contributed by atoms with E-state index in [-0.39, 0.29) is 11.7 Å². The van der Waals surface area contributed by atoms with Gasteiger partial charge in [-0.1, -0.05) is 23.7 Å². The Morgan fingerprint density at radius 2 is 1.97 bits per heavy atom. The molecule has 1 aliphatic heterocycles. The molecule has 4 heterocycles. The van der Waals surface area contributed by atoms with Gasteiger partial charge < -0.3 is 10.1 Å². The van der Waals surface area contributed by atoms with Gasteiger partial charge in [0.1, 0.15) is 11.5 Å². The molecule has 4 aromatic rings. The third-order valence-electron chi connectivity index (χ3n) is 5.67. The lowest BCUT2D eigenvalue weighted by Crippen LogP contribution is -2.48. The van der Waals surface area contributed by atoms with Crippen molar-refractivity contribution in [3.8, 4) is 22.4 Å². The number of halogens is 1. The van der Waals surface area contributed by atoms with Crippen LogP contribution < -0.4 is 10.9 Å². The van der Waals surface area contributed by atoms with Crippen LogP contribution in [0.15, 0.2) is 47.7 Å². The van der Waals surface area contributed by atoms with Gasteiger partial charge in [0.15, 0.2) is 0 Å². The summed E-state index contributed by atoms with van der Waals surface area (Å²) in [7, 11) is 0. The first kappa shape index (κ1) is 21.6. The fourth-order valence-corrected chi connectivity index (χ4v) is 4.11. The predicted octanol–water partition coefficient (Wildman–Crippen LogP) is 3.17. The van der Waals surface area contributed by atoms with Crippen molar-refractivity contribution in [3.05, 3.63) is 69.8 Å². The molecule has 9 heteroatoms. The van der Waals surface area contributed by atoms with Crippen LogP contribution in [0.4, 0.5) is 0 Å². The molecule has 3 aromatic heterocycles. The molecule has 1 aromatic carbocycles. The summed E-state index contributed by atoms with van der Waals surface area (Å²) >= 11 is 6.67. The van der Waals surface area contributed by atoms with Crippen LogP contribution >= 0.6 is 11.6 Å². The Bertz CT molecular complexity index is 1400.